The second kappa shape index (κ2) is 5.80. The van der Waals surface area contributed by atoms with E-state index in [0.29, 0.717) is 5.56 Å². The van der Waals surface area contributed by atoms with Gasteiger partial charge in [-0.15, -0.1) is 0 Å². The molecule has 0 unspecified atom stereocenters. The van der Waals surface area contributed by atoms with Crippen LogP contribution in [0.15, 0.2) is 42.5 Å². The first kappa shape index (κ1) is 13.5. The standard InChI is InChI=1S/C14H10ClF2NO/c15-11-2-1-3-12(17)13(11)14(19)18-8-9-4-6-10(16)7-5-9/h1-7H,8H2,(H,18,19). The van der Waals surface area contributed by atoms with Crippen LogP contribution in [-0.4, -0.2) is 5.91 Å². The van der Waals surface area contributed by atoms with Crippen molar-refractivity contribution in [1.29, 1.82) is 0 Å². The molecule has 0 bridgehead atoms. The number of carbonyl (C=O) groups excluding carboxylic acids is 1. The maximum atomic E-state index is 13.5. The summed E-state index contributed by atoms with van der Waals surface area (Å²) >= 11 is 5.78. The van der Waals surface area contributed by atoms with E-state index in [1.807, 2.05) is 0 Å². The van der Waals surface area contributed by atoms with Gasteiger partial charge in [-0.25, -0.2) is 8.78 Å². The first-order chi connectivity index (χ1) is 9.08. The van der Waals surface area contributed by atoms with Gasteiger partial charge >= 0.3 is 0 Å². The highest BCUT2D eigenvalue weighted by Gasteiger charge is 2.15. The molecule has 0 spiro atoms. The van der Waals surface area contributed by atoms with Gasteiger partial charge in [-0.2, -0.15) is 0 Å². The topological polar surface area (TPSA) is 29.1 Å². The van der Waals surface area contributed by atoms with E-state index in [-0.39, 0.29) is 22.9 Å². The van der Waals surface area contributed by atoms with E-state index in [1.165, 1.54) is 30.3 Å². The predicted molar refractivity (Wildman–Crippen MR) is 69.0 cm³/mol. The number of nitrogens with one attached hydrogen (secondary N) is 1. The minimum absolute atomic E-state index is 0.0524. The van der Waals surface area contributed by atoms with E-state index in [0.717, 1.165) is 0 Å². The fourth-order valence-corrected chi connectivity index (χ4v) is 1.84. The zero-order chi connectivity index (χ0) is 13.8. The Morgan fingerprint density at radius 2 is 1.79 bits per heavy atom. The summed E-state index contributed by atoms with van der Waals surface area (Å²) in [5.41, 5.74) is 0.522. The third kappa shape index (κ3) is 3.29. The Balaban J connectivity index is 2.07. The van der Waals surface area contributed by atoms with Crippen molar-refractivity contribution in [2.75, 3.05) is 0 Å². The second-order valence-corrected chi connectivity index (χ2v) is 4.31. The molecule has 0 saturated carbocycles. The van der Waals surface area contributed by atoms with Crippen molar-refractivity contribution < 1.29 is 13.6 Å². The molecule has 0 aliphatic heterocycles. The number of hydrogen-bond donors (Lipinski definition) is 1. The molecule has 19 heavy (non-hydrogen) atoms. The number of hydrogen-bond acceptors (Lipinski definition) is 1. The minimum atomic E-state index is -0.677. The average molecular weight is 282 g/mol. The molecule has 0 saturated heterocycles. The Bertz CT molecular complexity index is 579. The van der Waals surface area contributed by atoms with Crippen LogP contribution in [0.4, 0.5) is 8.78 Å². The molecule has 2 rings (SSSR count). The quantitative estimate of drug-likeness (QED) is 0.916. The summed E-state index contributed by atoms with van der Waals surface area (Å²) in [6, 6.07) is 9.69. The number of rotatable bonds is 3. The van der Waals surface area contributed by atoms with Gasteiger partial charge < -0.3 is 5.32 Å². The van der Waals surface area contributed by atoms with Crippen molar-refractivity contribution in [1.82, 2.24) is 5.32 Å². The fourth-order valence-electron chi connectivity index (χ4n) is 1.59. The molecule has 2 aromatic carbocycles. The number of amides is 1. The molecule has 0 radical (unpaired) electrons. The molecule has 0 aromatic heterocycles. The maximum Gasteiger partial charge on any atom is 0.256 e. The molecule has 1 amide bonds. The lowest BCUT2D eigenvalue weighted by atomic mass is 10.2. The van der Waals surface area contributed by atoms with Gasteiger partial charge in [-0.1, -0.05) is 29.8 Å². The zero-order valence-corrected chi connectivity index (χ0v) is 10.5. The molecule has 1 N–H and O–H groups in total. The van der Waals surface area contributed by atoms with Gasteiger partial charge in [0.15, 0.2) is 0 Å². The SMILES string of the molecule is O=C(NCc1ccc(F)cc1)c1c(F)cccc1Cl. The largest absolute Gasteiger partial charge is 0.348 e. The summed E-state index contributed by atoms with van der Waals surface area (Å²) in [4.78, 5) is 11.8. The third-order valence-corrected chi connectivity index (χ3v) is 2.87. The van der Waals surface area contributed by atoms with Crippen molar-refractivity contribution in [3.8, 4) is 0 Å². The van der Waals surface area contributed by atoms with Crippen molar-refractivity contribution in [3.63, 3.8) is 0 Å². The Hall–Kier alpha value is -1.94. The van der Waals surface area contributed by atoms with Crippen LogP contribution in [0.1, 0.15) is 15.9 Å². The van der Waals surface area contributed by atoms with Crippen LogP contribution in [0.3, 0.4) is 0 Å². The average Bonchev–Trinajstić information content (AvgIpc) is 2.38. The van der Waals surface area contributed by atoms with Gasteiger partial charge in [0.05, 0.1) is 10.6 Å². The van der Waals surface area contributed by atoms with Crippen molar-refractivity contribution >= 4 is 17.5 Å². The highest BCUT2D eigenvalue weighted by Crippen LogP contribution is 2.18. The smallest absolute Gasteiger partial charge is 0.256 e. The Labute approximate surface area is 114 Å². The van der Waals surface area contributed by atoms with Crippen molar-refractivity contribution in [2.45, 2.75) is 6.54 Å². The first-order valence-corrected chi connectivity index (χ1v) is 5.92. The van der Waals surface area contributed by atoms with E-state index in [2.05, 4.69) is 5.32 Å². The Morgan fingerprint density at radius 1 is 1.11 bits per heavy atom. The lowest BCUT2D eigenvalue weighted by Gasteiger charge is -2.07. The summed E-state index contributed by atoms with van der Waals surface area (Å²) in [5, 5.41) is 2.58. The summed E-state index contributed by atoms with van der Waals surface area (Å²) < 4.78 is 26.2. The van der Waals surface area contributed by atoms with Crippen LogP contribution in [0.5, 0.6) is 0 Å². The van der Waals surface area contributed by atoms with E-state index in [1.54, 1.807) is 12.1 Å². The first-order valence-electron chi connectivity index (χ1n) is 5.54. The normalized spacial score (nSPS) is 10.3. The molecular formula is C14H10ClF2NO. The van der Waals surface area contributed by atoms with Crippen LogP contribution >= 0.6 is 11.6 Å². The van der Waals surface area contributed by atoms with Gasteiger partial charge in [-0.05, 0) is 29.8 Å². The lowest BCUT2D eigenvalue weighted by molar-refractivity contribution is 0.0947. The summed E-state index contributed by atoms with van der Waals surface area (Å²) in [6.07, 6.45) is 0. The predicted octanol–water partition coefficient (Wildman–Crippen LogP) is 3.55. The van der Waals surface area contributed by atoms with Crippen LogP contribution in [0.25, 0.3) is 0 Å². The molecule has 0 heterocycles. The minimum Gasteiger partial charge on any atom is -0.348 e. The molecule has 0 fully saturated rings. The van der Waals surface area contributed by atoms with Gasteiger partial charge in [0.2, 0.25) is 0 Å². The van der Waals surface area contributed by atoms with Gasteiger partial charge in [-0.3, -0.25) is 4.79 Å². The molecule has 2 aromatic rings. The van der Waals surface area contributed by atoms with Crippen LogP contribution in [-0.2, 0) is 6.54 Å². The number of halogens is 3. The summed E-state index contributed by atoms with van der Waals surface area (Å²) in [6.45, 7) is 0.170. The van der Waals surface area contributed by atoms with E-state index in [4.69, 9.17) is 11.6 Å². The highest BCUT2D eigenvalue weighted by molar-refractivity contribution is 6.33. The molecule has 0 aliphatic rings. The van der Waals surface area contributed by atoms with E-state index < -0.39 is 11.7 Å². The van der Waals surface area contributed by atoms with Crippen molar-refractivity contribution in [2.24, 2.45) is 0 Å². The molecule has 5 heteroatoms. The van der Waals surface area contributed by atoms with E-state index >= 15 is 0 Å². The van der Waals surface area contributed by atoms with Crippen molar-refractivity contribution in [3.05, 3.63) is 70.2 Å². The molecule has 0 aliphatic carbocycles. The van der Waals surface area contributed by atoms with Crippen LogP contribution < -0.4 is 5.32 Å². The lowest BCUT2D eigenvalue weighted by Crippen LogP contribution is -2.24. The van der Waals surface area contributed by atoms with Gasteiger partial charge in [0, 0.05) is 6.54 Å². The molecule has 2 nitrogen and oxygen atoms in total. The van der Waals surface area contributed by atoms with Crippen LogP contribution in [0, 0.1) is 11.6 Å². The molecule has 98 valence electrons. The second-order valence-electron chi connectivity index (χ2n) is 3.91. The van der Waals surface area contributed by atoms with Crippen LogP contribution in [0.2, 0.25) is 5.02 Å². The Morgan fingerprint density at radius 3 is 2.42 bits per heavy atom. The van der Waals surface area contributed by atoms with Gasteiger partial charge in [0.1, 0.15) is 11.6 Å². The van der Waals surface area contributed by atoms with Gasteiger partial charge in [0.25, 0.3) is 5.91 Å². The Kier molecular flexibility index (Phi) is 4.12. The highest BCUT2D eigenvalue weighted by atomic mass is 35.5. The molecule has 0 atom stereocenters. The maximum absolute atomic E-state index is 13.5. The summed E-state index contributed by atoms with van der Waals surface area (Å²) in [7, 11) is 0. The fraction of sp³-hybridized carbons (Fsp3) is 0.0714. The zero-order valence-electron chi connectivity index (χ0n) is 9.79. The number of carbonyl (C=O) groups is 1. The number of benzene rings is 2. The monoisotopic (exact) mass is 281 g/mol. The summed E-state index contributed by atoms with van der Waals surface area (Å²) in [5.74, 6) is -1.64. The van der Waals surface area contributed by atoms with E-state index in [9.17, 15) is 13.6 Å². The molecular weight excluding hydrogens is 272 g/mol. The third-order valence-electron chi connectivity index (χ3n) is 2.56.